The normalized spacial score (nSPS) is 20.4. The summed E-state index contributed by atoms with van der Waals surface area (Å²) in [6.45, 7) is 6.77. The van der Waals surface area contributed by atoms with E-state index in [0.29, 0.717) is 35.2 Å². The molecule has 1 saturated heterocycles. The van der Waals surface area contributed by atoms with E-state index in [9.17, 15) is 9.90 Å². The summed E-state index contributed by atoms with van der Waals surface area (Å²) in [6.07, 6.45) is 7.45. The van der Waals surface area contributed by atoms with E-state index in [2.05, 4.69) is 41.6 Å². The zero-order valence-electron chi connectivity index (χ0n) is 18.1. The van der Waals surface area contributed by atoms with Gasteiger partial charge in [0.15, 0.2) is 5.76 Å². The Balaban J connectivity index is 1.52. The molecule has 1 aromatic heterocycles. The molecule has 1 N–H and O–H groups in total. The number of ether oxygens (including phenoxy) is 1. The lowest BCUT2D eigenvalue weighted by molar-refractivity contribution is 0.101. The number of fused-ring (bicyclic) bond motifs is 2. The Morgan fingerprint density at radius 3 is 2.84 bits per heavy atom. The minimum Gasteiger partial charge on any atom is -0.507 e. The number of aromatic hydroxyl groups is 1. The second kappa shape index (κ2) is 7.89. The number of benzene rings is 2. The third kappa shape index (κ3) is 3.43. The van der Waals surface area contributed by atoms with Crippen molar-refractivity contribution < 1.29 is 14.6 Å². The standard InChI is InChI=1S/C26H28N2O3/c1-3-27-15-18(19-9-4-5-10-22(19)27)14-24-25(30)20-11-12-23(29)21(26(20)31-24)16-28-13-7-6-8-17(28)2/h4-5,9-12,14-15,17,29H,3,6-8,13,16H2,1-2H3/t17-/m0/s1. The van der Waals surface area contributed by atoms with Crippen molar-refractivity contribution >= 4 is 22.8 Å². The maximum absolute atomic E-state index is 13.1. The summed E-state index contributed by atoms with van der Waals surface area (Å²) in [6, 6.07) is 11.9. The van der Waals surface area contributed by atoms with Crippen LogP contribution in [-0.4, -0.2) is 32.9 Å². The number of hydrogen-bond acceptors (Lipinski definition) is 4. The molecule has 2 aromatic carbocycles. The van der Waals surface area contributed by atoms with Crippen molar-refractivity contribution in [3.05, 3.63) is 65.0 Å². The van der Waals surface area contributed by atoms with Crippen LogP contribution in [0.3, 0.4) is 0 Å². The van der Waals surface area contributed by atoms with Crippen molar-refractivity contribution in [2.45, 2.75) is 52.2 Å². The number of hydrogen-bond donors (Lipinski definition) is 1. The molecule has 0 unspecified atom stereocenters. The molecule has 0 spiro atoms. The average molecular weight is 417 g/mol. The van der Waals surface area contributed by atoms with Gasteiger partial charge in [-0.05, 0) is 57.5 Å². The number of carbonyl (C=O) groups is 1. The van der Waals surface area contributed by atoms with E-state index in [-0.39, 0.29) is 11.5 Å². The van der Waals surface area contributed by atoms with Crippen LogP contribution in [0.15, 0.2) is 48.4 Å². The van der Waals surface area contributed by atoms with Crippen LogP contribution in [-0.2, 0) is 13.1 Å². The van der Waals surface area contributed by atoms with Gasteiger partial charge in [-0.2, -0.15) is 0 Å². The fraction of sp³-hybridized carbons (Fsp3) is 0.346. The topological polar surface area (TPSA) is 54.7 Å². The van der Waals surface area contributed by atoms with Gasteiger partial charge in [0, 0.05) is 41.8 Å². The predicted octanol–water partition coefficient (Wildman–Crippen LogP) is 5.36. The number of allylic oxidation sites excluding steroid dienone is 1. The fourth-order valence-electron chi connectivity index (χ4n) is 4.84. The second-order valence-corrected chi connectivity index (χ2v) is 8.58. The monoisotopic (exact) mass is 416 g/mol. The summed E-state index contributed by atoms with van der Waals surface area (Å²) in [5.41, 5.74) is 3.34. The maximum Gasteiger partial charge on any atom is 0.231 e. The molecule has 0 aliphatic carbocycles. The molecule has 5 rings (SSSR count). The van der Waals surface area contributed by atoms with Gasteiger partial charge in [0.2, 0.25) is 5.78 Å². The highest BCUT2D eigenvalue weighted by Gasteiger charge is 2.32. The molecule has 1 atom stereocenters. The molecule has 0 amide bonds. The van der Waals surface area contributed by atoms with Gasteiger partial charge in [-0.15, -0.1) is 0 Å². The van der Waals surface area contributed by atoms with Gasteiger partial charge >= 0.3 is 0 Å². The van der Waals surface area contributed by atoms with E-state index in [0.717, 1.165) is 42.4 Å². The second-order valence-electron chi connectivity index (χ2n) is 8.58. The molecular formula is C26H28N2O3. The molecule has 3 heterocycles. The van der Waals surface area contributed by atoms with E-state index in [1.165, 1.54) is 6.42 Å². The number of carbonyl (C=O) groups excluding carboxylic acids is 1. The first-order valence-electron chi connectivity index (χ1n) is 11.2. The highest BCUT2D eigenvalue weighted by atomic mass is 16.5. The first-order chi connectivity index (χ1) is 15.1. The number of nitrogens with zero attached hydrogens (tertiary/aromatic N) is 2. The number of rotatable bonds is 4. The van der Waals surface area contributed by atoms with Crippen molar-refractivity contribution in [2.24, 2.45) is 0 Å². The molecule has 2 aliphatic rings. The van der Waals surface area contributed by atoms with Gasteiger partial charge < -0.3 is 14.4 Å². The molecule has 0 saturated carbocycles. The Morgan fingerprint density at radius 1 is 1.19 bits per heavy atom. The fourth-order valence-corrected chi connectivity index (χ4v) is 4.84. The van der Waals surface area contributed by atoms with Gasteiger partial charge in [-0.1, -0.05) is 24.6 Å². The average Bonchev–Trinajstić information content (AvgIpc) is 3.29. The van der Waals surface area contributed by atoms with Crippen molar-refractivity contribution in [1.29, 1.82) is 0 Å². The summed E-state index contributed by atoms with van der Waals surface area (Å²) in [4.78, 5) is 15.5. The minimum atomic E-state index is -0.128. The Labute approximate surface area is 182 Å². The van der Waals surface area contributed by atoms with Gasteiger partial charge in [-0.25, -0.2) is 0 Å². The molecule has 3 aromatic rings. The summed E-state index contributed by atoms with van der Waals surface area (Å²) in [5.74, 6) is 0.880. The Morgan fingerprint density at radius 2 is 2.03 bits per heavy atom. The number of aryl methyl sites for hydroxylation is 1. The van der Waals surface area contributed by atoms with Gasteiger partial charge in [0.05, 0.1) is 11.1 Å². The quantitative estimate of drug-likeness (QED) is 0.582. The molecule has 2 aliphatic heterocycles. The third-order valence-corrected chi connectivity index (χ3v) is 6.66. The van der Waals surface area contributed by atoms with Crippen LogP contribution >= 0.6 is 0 Å². The highest BCUT2D eigenvalue weighted by Crippen LogP contribution is 2.41. The van der Waals surface area contributed by atoms with E-state index < -0.39 is 0 Å². The van der Waals surface area contributed by atoms with Crippen LogP contribution in [0, 0.1) is 0 Å². The van der Waals surface area contributed by atoms with E-state index in [4.69, 9.17) is 4.74 Å². The summed E-state index contributed by atoms with van der Waals surface area (Å²) in [7, 11) is 0. The van der Waals surface area contributed by atoms with Crippen molar-refractivity contribution in [1.82, 2.24) is 9.47 Å². The smallest absolute Gasteiger partial charge is 0.231 e. The van der Waals surface area contributed by atoms with Crippen molar-refractivity contribution in [3.8, 4) is 11.5 Å². The number of para-hydroxylation sites is 1. The molecule has 0 bridgehead atoms. The predicted molar refractivity (Wildman–Crippen MR) is 122 cm³/mol. The number of aromatic nitrogens is 1. The van der Waals surface area contributed by atoms with E-state index in [1.54, 1.807) is 12.1 Å². The van der Waals surface area contributed by atoms with Gasteiger partial charge in [-0.3, -0.25) is 9.69 Å². The lowest BCUT2D eigenvalue weighted by Crippen LogP contribution is -2.36. The molecule has 160 valence electrons. The number of likely N-dealkylation sites (tertiary alicyclic amines) is 1. The van der Waals surface area contributed by atoms with Crippen LogP contribution in [0.25, 0.3) is 17.0 Å². The van der Waals surface area contributed by atoms with Gasteiger partial charge in [0.1, 0.15) is 11.5 Å². The lowest BCUT2D eigenvalue weighted by Gasteiger charge is -2.33. The summed E-state index contributed by atoms with van der Waals surface area (Å²) >= 11 is 0. The Kier molecular flexibility index (Phi) is 5.06. The number of piperidine rings is 1. The molecule has 1 fully saturated rings. The first kappa shape index (κ1) is 19.9. The van der Waals surface area contributed by atoms with Crippen molar-refractivity contribution in [2.75, 3.05) is 6.54 Å². The summed E-state index contributed by atoms with van der Waals surface area (Å²) in [5, 5.41) is 11.7. The lowest BCUT2D eigenvalue weighted by atomic mass is 10.0. The van der Waals surface area contributed by atoms with Crippen LogP contribution in [0.4, 0.5) is 0 Å². The largest absolute Gasteiger partial charge is 0.507 e. The molecule has 5 heteroatoms. The Bertz CT molecular complexity index is 1190. The summed E-state index contributed by atoms with van der Waals surface area (Å²) < 4.78 is 8.29. The zero-order chi connectivity index (χ0) is 21.5. The maximum atomic E-state index is 13.1. The van der Waals surface area contributed by atoms with Gasteiger partial charge in [0.25, 0.3) is 0 Å². The molecule has 0 radical (unpaired) electrons. The number of phenols is 1. The third-order valence-electron chi connectivity index (χ3n) is 6.66. The van der Waals surface area contributed by atoms with Crippen molar-refractivity contribution in [3.63, 3.8) is 0 Å². The molecule has 31 heavy (non-hydrogen) atoms. The van der Waals surface area contributed by atoms with Crippen LogP contribution in [0.2, 0.25) is 0 Å². The van der Waals surface area contributed by atoms with E-state index in [1.807, 2.05) is 18.2 Å². The molecule has 5 nitrogen and oxygen atoms in total. The zero-order valence-corrected chi connectivity index (χ0v) is 18.1. The first-order valence-corrected chi connectivity index (χ1v) is 11.2. The Hall–Kier alpha value is -3.05. The van der Waals surface area contributed by atoms with Crippen LogP contribution in [0.5, 0.6) is 11.5 Å². The number of phenolic OH excluding ortho intramolecular Hbond substituents is 1. The minimum absolute atomic E-state index is 0.128. The van der Waals surface area contributed by atoms with Crippen LogP contribution < -0.4 is 4.74 Å². The highest BCUT2D eigenvalue weighted by molar-refractivity contribution is 6.15. The van der Waals surface area contributed by atoms with Crippen LogP contribution in [0.1, 0.15) is 54.6 Å². The SMILES string of the molecule is CCn1cc(C=C2Oc3c(ccc(O)c3CN3CCCC[C@@H]3C)C2=O)c2ccccc21. The number of Topliss-reactive ketones (excluding diaryl/α,β-unsaturated/α-hetero) is 1. The molecular weight excluding hydrogens is 388 g/mol. The van der Waals surface area contributed by atoms with E-state index >= 15 is 0 Å². The number of ketones is 1.